The Balaban J connectivity index is 2.70. The van der Waals surface area contributed by atoms with Crippen LogP contribution in [-0.4, -0.2) is 24.5 Å². The molecular weight excluding hydrogens is 288 g/mol. The summed E-state index contributed by atoms with van der Waals surface area (Å²) in [6, 6.07) is 3.47. The molecule has 21 heavy (non-hydrogen) atoms. The van der Waals surface area contributed by atoms with Crippen molar-refractivity contribution in [2.24, 2.45) is 0 Å². The topological polar surface area (TPSA) is 61.2 Å². The van der Waals surface area contributed by atoms with Crippen molar-refractivity contribution >= 4 is 10.0 Å². The third-order valence-electron chi connectivity index (χ3n) is 3.47. The van der Waals surface area contributed by atoms with E-state index >= 15 is 0 Å². The van der Waals surface area contributed by atoms with Crippen molar-refractivity contribution < 1.29 is 13.2 Å². The van der Waals surface area contributed by atoms with Crippen LogP contribution >= 0.6 is 0 Å². The number of ether oxygens (including phenoxy) is 1. The summed E-state index contributed by atoms with van der Waals surface area (Å²) in [6.07, 6.45) is 2.94. The number of aromatic nitrogens is 2. The Bertz CT molecular complexity index is 761. The van der Waals surface area contributed by atoms with Crippen molar-refractivity contribution in [3.63, 3.8) is 0 Å². The second-order valence-corrected chi connectivity index (χ2v) is 7.07. The molecule has 1 aromatic carbocycles. The fraction of sp³-hybridized carbons (Fsp3) is 0.400. The molecule has 1 aromatic heterocycles. The zero-order chi connectivity index (χ0) is 15.8. The number of hydrogen-bond donors (Lipinski definition) is 0. The summed E-state index contributed by atoms with van der Waals surface area (Å²) in [5, 5.41) is 0. The molecule has 0 amide bonds. The van der Waals surface area contributed by atoms with Gasteiger partial charge in [0.1, 0.15) is 11.6 Å². The van der Waals surface area contributed by atoms with Gasteiger partial charge in [-0.2, -0.15) is 0 Å². The van der Waals surface area contributed by atoms with Crippen LogP contribution in [0, 0.1) is 13.8 Å². The van der Waals surface area contributed by atoms with Crippen LogP contribution in [0.3, 0.4) is 0 Å². The Morgan fingerprint density at radius 3 is 2.38 bits per heavy atom. The summed E-state index contributed by atoms with van der Waals surface area (Å²) in [6.45, 7) is 7.45. The lowest BCUT2D eigenvalue weighted by Crippen LogP contribution is -2.15. The third-order valence-corrected chi connectivity index (χ3v) is 5.37. The highest BCUT2D eigenvalue weighted by molar-refractivity contribution is 7.90. The summed E-state index contributed by atoms with van der Waals surface area (Å²) < 4.78 is 32.1. The van der Waals surface area contributed by atoms with Gasteiger partial charge in [0.2, 0.25) is 0 Å². The van der Waals surface area contributed by atoms with Crippen molar-refractivity contribution in [1.29, 1.82) is 0 Å². The predicted molar refractivity (Wildman–Crippen MR) is 81.4 cm³/mol. The molecule has 0 N–H and O–H groups in total. The first-order chi connectivity index (χ1) is 9.78. The lowest BCUT2D eigenvalue weighted by molar-refractivity contribution is 0.406. The summed E-state index contributed by atoms with van der Waals surface area (Å²) in [5.41, 5.74) is 1.53. The van der Waals surface area contributed by atoms with Gasteiger partial charge in [0, 0.05) is 12.4 Å². The van der Waals surface area contributed by atoms with E-state index in [4.69, 9.17) is 4.74 Å². The minimum absolute atomic E-state index is 0.165. The zero-order valence-corrected chi connectivity index (χ0v) is 13.7. The molecule has 0 aliphatic heterocycles. The van der Waals surface area contributed by atoms with Crippen molar-refractivity contribution in [3.05, 3.63) is 41.5 Å². The minimum Gasteiger partial charge on any atom is -0.496 e. The molecule has 114 valence electrons. The maximum Gasteiger partial charge on any atom is 0.269 e. The molecular formula is C15H20N2O3S. The third kappa shape index (κ3) is 2.68. The maximum absolute atomic E-state index is 12.8. The Morgan fingerprint density at radius 1 is 1.24 bits per heavy atom. The Hall–Kier alpha value is -1.82. The highest BCUT2D eigenvalue weighted by atomic mass is 32.2. The quantitative estimate of drug-likeness (QED) is 0.871. The smallest absolute Gasteiger partial charge is 0.269 e. The number of nitrogens with zero attached hydrogens (tertiary/aromatic N) is 2. The van der Waals surface area contributed by atoms with Crippen LogP contribution in [0.1, 0.15) is 36.7 Å². The summed E-state index contributed by atoms with van der Waals surface area (Å²) in [5.74, 6) is 1.32. The molecule has 0 spiro atoms. The van der Waals surface area contributed by atoms with Crippen LogP contribution in [0.4, 0.5) is 0 Å². The molecule has 0 aliphatic carbocycles. The molecule has 0 atom stereocenters. The van der Waals surface area contributed by atoms with Crippen molar-refractivity contribution in [1.82, 2.24) is 8.96 Å². The number of rotatable bonds is 4. The van der Waals surface area contributed by atoms with E-state index in [-0.39, 0.29) is 10.8 Å². The Kier molecular flexibility index (Phi) is 4.09. The maximum atomic E-state index is 12.8. The average molecular weight is 308 g/mol. The summed E-state index contributed by atoms with van der Waals surface area (Å²) >= 11 is 0. The van der Waals surface area contributed by atoms with Gasteiger partial charge in [-0.1, -0.05) is 13.8 Å². The first kappa shape index (κ1) is 15.6. The first-order valence-corrected chi connectivity index (χ1v) is 8.17. The lowest BCUT2D eigenvalue weighted by atomic mass is 10.0. The molecule has 2 aromatic rings. The summed E-state index contributed by atoms with van der Waals surface area (Å²) in [7, 11) is -2.05. The molecule has 1 heterocycles. The van der Waals surface area contributed by atoms with Crippen LogP contribution < -0.4 is 4.74 Å². The first-order valence-electron chi connectivity index (χ1n) is 6.73. The average Bonchev–Trinajstić information content (AvgIpc) is 2.84. The standard InChI is InChI=1S/C15H20N2O3S/c1-10(2)13-9-15(11(3)8-14(13)20-5)21(18,19)17-7-6-16-12(17)4/h6-10H,1-5H3. The van der Waals surface area contributed by atoms with E-state index in [1.54, 1.807) is 33.1 Å². The van der Waals surface area contributed by atoms with Gasteiger partial charge in [0.15, 0.2) is 0 Å². The SMILES string of the molecule is COc1cc(C)c(S(=O)(=O)n2ccnc2C)cc1C(C)C. The van der Waals surface area contributed by atoms with Gasteiger partial charge >= 0.3 is 0 Å². The van der Waals surface area contributed by atoms with Gasteiger partial charge in [-0.15, -0.1) is 0 Å². The second-order valence-electron chi connectivity index (χ2n) is 5.29. The fourth-order valence-electron chi connectivity index (χ4n) is 2.31. The number of aryl methyl sites for hydroxylation is 2. The normalized spacial score (nSPS) is 11.9. The lowest BCUT2D eigenvalue weighted by Gasteiger charge is -2.17. The van der Waals surface area contributed by atoms with Crippen molar-refractivity contribution in [2.45, 2.75) is 38.5 Å². The molecule has 0 radical (unpaired) electrons. The zero-order valence-electron chi connectivity index (χ0n) is 12.9. The van der Waals surface area contributed by atoms with E-state index in [2.05, 4.69) is 4.98 Å². The Morgan fingerprint density at radius 2 is 1.90 bits per heavy atom. The highest BCUT2D eigenvalue weighted by Crippen LogP contribution is 2.32. The van der Waals surface area contributed by atoms with Gasteiger partial charge in [-0.05, 0) is 43.0 Å². The van der Waals surface area contributed by atoms with Crippen LogP contribution in [-0.2, 0) is 10.0 Å². The molecule has 5 nitrogen and oxygen atoms in total. The number of benzene rings is 1. The molecule has 0 saturated carbocycles. The molecule has 0 saturated heterocycles. The number of imidazole rings is 1. The van der Waals surface area contributed by atoms with E-state index in [0.717, 1.165) is 5.56 Å². The van der Waals surface area contributed by atoms with Gasteiger partial charge < -0.3 is 4.74 Å². The number of methoxy groups -OCH3 is 1. The minimum atomic E-state index is -3.64. The van der Waals surface area contributed by atoms with E-state index in [9.17, 15) is 8.42 Å². The predicted octanol–water partition coefficient (Wildman–Crippen LogP) is 2.87. The molecule has 0 fully saturated rings. The fourth-order valence-corrected chi connectivity index (χ4v) is 3.87. The van der Waals surface area contributed by atoms with Crippen LogP contribution in [0.2, 0.25) is 0 Å². The molecule has 0 unspecified atom stereocenters. The van der Waals surface area contributed by atoms with Crippen molar-refractivity contribution in [3.8, 4) is 5.75 Å². The highest BCUT2D eigenvalue weighted by Gasteiger charge is 2.23. The van der Waals surface area contributed by atoms with Crippen molar-refractivity contribution in [2.75, 3.05) is 7.11 Å². The van der Waals surface area contributed by atoms with E-state index < -0.39 is 10.0 Å². The Labute approximate surface area is 125 Å². The van der Waals surface area contributed by atoms with E-state index in [0.29, 0.717) is 17.1 Å². The van der Waals surface area contributed by atoms with Gasteiger partial charge in [-0.25, -0.2) is 17.4 Å². The van der Waals surface area contributed by atoms with E-state index in [1.165, 1.54) is 16.4 Å². The second kappa shape index (κ2) is 5.52. The molecule has 6 heteroatoms. The van der Waals surface area contributed by atoms with Gasteiger partial charge in [-0.3, -0.25) is 0 Å². The van der Waals surface area contributed by atoms with E-state index in [1.807, 2.05) is 13.8 Å². The van der Waals surface area contributed by atoms with Gasteiger partial charge in [0.25, 0.3) is 10.0 Å². The summed E-state index contributed by atoms with van der Waals surface area (Å²) in [4.78, 5) is 4.27. The largest absolute Gasteiger partial charge is 0.496 e. The van der Waals surface area contributed by atoms with Gasteiger partial charge in [0.05, 0.1) is 12.0 Å². The monoisotopic (exact) mass is 308 g/mol. The molecule has 0 aliphatic rings. The molecule has 2 rings (SSSR count). The van der Waals surface area contributed by atoms with Crippen LogP contribution in [0.25, 0.3) is 0 Å². The molecule has 0 bridgehead atoms. The number of hydrogen-bond acceptors (Lipinski definition) is 4. The van der Waals surface area contributed by atoms with Crippen LogP contribution in [0.5, 0.6) is 5.75 Å². The van der Waals surface area contributed by atoms with Crippen LogP contribution in [0.15, 0.2) is 29.4 Å².